The molecule has 0 radical (unpaired) electrons. The first kappa shape index (κ1) is 10.3. The third-order valence-electron chi connectivity index (χ3n) is 2.59. The molecule has 2 aliphatic heterocycles. The van der Waals surface area contributed by atoms with Crippen LogP contribution in [0.5, 0.6) is 0 Å². The smallest absolute Gasteiger partial charge is 0.147 e. The van der Waals surface area contributed by atoms with Crippen molar-refractivity contribution in [2.24, 2.45) is 0 Å². The van der Waals surface area contributed by atoms with Gasteiger partial charge in [0.1, 0.15) is 6.79 Å². The molecule has 0 saturated carbocycles. The Balaban J connectivity index is 0.000000720. The lowest BCUT2D eigenvalue weighted by Gasteiger charge is -2.31. The summed E-state index contributed by atoms with van der Waals surface area (Å²) in [7, 11) is 0. The second-order valence-electron chi connectivity index (χ2n) is 3.21. The first-order valence-corrected chi connectivity index (χ1v) is 4.35. The van der Waals surface area contributed by atoms with E-state index in [9.17, 15) is 0 Å². The Morgan fingerprint density at radius 2 is 2.08 bits per heavy atom. The second kappa shape index (κ2) is 4.42. The number of likely N-dealkylation sites (tertiary alicyclic amines) is 1. The molecular weight excluding hydrogens is 178 g/mol. The molecule has 3 nitrogen and oxygen atoms in total. The van der Waals surface area contributed by atoms with Gasteiger partial charge in [-0.1, -0.05) is 6.92 Å². The van der Waals surface area contributed by atoms with Crippen LogP contribution in [0, 0.1) is 0 Å². The lowest BCUT2D eigenvalue weighted by atomic mass is 10.1. The number of nitrogens with zero attached hydrogens (tertiary/aromatic N) is 1. The number of ether oxygens (including phenoxy) is 2. The number of rotatable bonds is 1. The molecule has 0 spiro atoms. The van der Waals surface area contributed by atoms with Crippen LogP contribution in [0.3, 0.4) is 0 Å². The third-order valence-corrected chi connectivity index (χ3v) is 2.59. The molecule has 0 N–H and O–H groups in total. The Kier molecular flexibility index (Phi) is 3.77. The van der Waals surface area contributed by atoms with E-state index in [2.05, 4.69) is 11.8 Å². The van der Waals surface area contributed by atoms with Gasteiger partial charge in [-0.25, -0.2) is 0 Å². The van der Waals surface area contributed by atoms with Crippen LogP contribution in [0.2, 0.25) is 0 Å². The Labute approximate surface area is 79.4 Å². The largest absolute Gasteiger partial charge is 0.349 e. The van der Waals surface area contributed by atoms with Crippen molar-refractivity contribution in [3.8, 4) is 0 Å². The zero-order valence-corrected chi connectivity index (χ0v) is 8.18. The molecule has 2 heterocycles. The molecule has 0 bridgehead atoms. The molecule has 2 rings (SSSR count). The minimum atomic E-state index is 0. The van der Waals surface area contributed by atoms with Crippen LogP contribution < -0.4 is 0 Å². The van der Waals surface area contributed by atoms with E-state index < -0.39 is 0 Å². The van der Waals surface area contributed by atoms with Crippen molar-refractivity contribution in [2.75, 3.05) is 26.4 Å². The molecule has 2 atom stereocenters. The van der Waals surface area contributed by atoms with Gasteiger partial charge in [-0.15, -0.1) is 12.4 Å². The molecule has 4 heteroatoms. The number of fused-ring (bicyclic) bond motifs is 1. The quantitative estimate of drug-likeness (QED) is 0.617. The molecule has 2 unspecified atom stereocenters. The first-order valence-electron chi connectivity index (χ1n) is 4.35. The highest BCUT2D eigenvalue weighted by atomic mass is 35.5. The fourth-order valence-electron chi connectivity index (χ4n) is 1.81. The molecule has 72 valence electrons. The fourth-order valence-corrected chi connectivity index (χ4v) is 1.81. The molecule has 2 fully saturated rings. The zero-order valence-electron chi connectivity index (χ0n) is 7.36. The van der Waals surface area contributed by atoms with Gasteiger partial charge in [-0.05, 0) is 13.0 Å². The molecular formula is C8H16ClNO2. The van der Waals surface area contributed by atoms with Crippen LogP contribution in [-0.4, -0.2) is 43.5 Å². The average Bonchev–Trinajstić information content (AvgIpc) is 2.50. The fraction of sp³-hybridized carbons (Fsp3) is 1.00. The normalized spacial score (nSPS) is 35.8. The van der Waals surface area contributed by atoms with Crippen LogP contribution in [0.1, 0.15) is 13.3 Å². The van der Waals surface area contributed by atoms with E-state index in [0.717, 1.165) is 19.5 Å². The predicted octanol–water partition coefficient (Wildman–Crippen LogP) is 0.875. The summed E-state index contributed by atoms with van der Waals surface area (Å²) in [5.41, 5.74) is 0. The molecule has 0 aromatic heterocycles. The van der Waals surface area contributed by atoms with Crippen molar-refractivity contribution in [1.29, 1.82) is 0 Å². The number of piperidine rings is 1. The Morgan fingerprint density at radius 3 is 2.83 bits per heavy atom. The average molecular weight is 194 g/mol. The summed E-state index contributed by atoms with van der Waals surface area (Å²) in [5, 5.41) is 0. The maximum atomic E-state index is 5.43. The van der Waals surface area contributed by atoms with Crippen LogP contribution >= 0.6 is 12.4 Å². The summed E-state index contributed by atoms with van der Waals surface area (Å²) in [5.74, 6) is 0. The van der Waals surface area contributed by atoms with Gasteiger partial charge in [0.05, 0.1) is 12.2 Å². The third kappa shape index (κ3) is 1.91. The molecule has 2 saturated heterocycles. The summed E-state index contributed by atoms with van der Waals surface area (Å²) < 4.78 is 10.8. The highest BCUT2D eigenvalue weighted by Gasteiger charge is 2.34. The van der Waals surface area contributed by atoms with Gasteiger partial charge in [-0.3, -0.25) is 0 Å². The number of hydrogen-bond donors (Lipinski definition) is 0. The zero-order chi connectivity index (χ0) is 7.68. The van der Waals surface area contributed by atoms with Gasteiger partial charge in [-0.2, -0.15) is 0 Å². The summed E-state index contributed by atoms with van der Waals surface area (Å²) in [6, 6.07) is 0. The van der Waals surface area contributed by atoms with Crippen LogP contribution in [0.4, 0.5) is 0 Å². The lowest BCUT2D eigenvalue weighted by molar-refractivity contribution is 0.0381. The van der Waals surface area contributed by atoms with Gasteiger partial charge < -0.3 is 14.4 Å². The maximum Gasteiger partial charge on any atom is 0.147 e. The molecule has 0 aromatic rings. The van der Waals surface area contributed by atoms with E-state index in [-0.39, 0.29) is 12.4 Å². The van der Waals surface area contributed by atoms with Gasteiger partial charge in [0.25, 0.3) is 0 Å². The Hall–Kier alpha value is 0.170. The maximum absolute atomic E-state index is 5.43. The standard InChI is InChI=1S/C8H15NO2.ClH/c1-2-9-4-3-7-8(5-9)11-6-10-7;/h7-8H,2-6H2,1H3;1H. The summed E-state index contributed by atoms with van der Waals surface area (Å²) in [4.78, 5) is 2.41. The van der Waals surface area contributed by atoms with Gasteiger partial charge in [0.15, 0.2) is 0 Å². The van der Waals surface area contributed by atoms with Crippen LogP contribution in [0.25, 0.3) is 0 Å². The van der Waals surface area contributed by atoms with Gasteiger partial charge in [0.2, 0.25) is 0 Å². The topological polar surface area (TPSA) is 21.7 Å². The van der Waals surface area contributed by atoms with Crippen molar-refractivity contribution in [2.45, 2.75) is 25.6 Å². The van der Waals surface area contributed by atoms with Crippen molar-refractivity contribution < 1.29 is 9.47 Å². The van der Waals surface area contributed by atoms with Crippen LogP contribution in [-0.2, 0) is 9.47 Å². The molecule has 0 aromatic carbocycles. The molecule has 0 amide bonds. The monoisotopic (exact) mass is 193 g/mol. The minimum Gasteiger partial charge on any atom is -0.349 e. The Bertz CT molecular complexity index is 145. The number of halogens is 1. The molecule has 12 heavy (non-hydrogen) atoms. The van der Waals surface area contributed by atoms with Crippen molar-refractivity contribution >= 4 is 12.4 Å². The minimum absolute atomic E-state index is 0. The highest BCUT2D eigenvalue weighted by Crippen LogP contribution is 2.21. The van der Waals surface area contributed by atoms with Gasteiger partial charge >= 0.3 is 0 Å². The van der Waals surface area contributed by atoms with E-state index in [1.165, 1.54) is 6.54 Å². The number of likely N-dealkylation sites (N-methyl/N-ethyl adjacent to an activating group) is 1. The van der Waals surface area contributed by atoms with E-state index >= 15 is 0 Å². The first-order chi connectivity index (χ1) is 5.40. The van der Waals surface area contributed by atoms with E-state index in [4.69, 9.17) is 9.47 Å². The lowest BCUT2D eigenvalue weighted by Crippen LogP contribution is -2.44. The second-order valence-corrected chi connectivity index (χ2v) is 3.21. The molecule has 0 aliphatic carbocycles. The summed E-state index contributed by atoms with van der Waals surface area (Å²) in [6.45, 7) is 6.05. The summed E-state index contributed by atoms with van der Waals surface area (Å²) >= 11 is 0. The van der Waals surface area contributed by atoms with E-state index in [1.807, 2.05) is 0 Å². The van der Waals surface area contributed by atoms with Crippen molar-refractivity contribution in [3.63, 3.8) is 0 Å². The highest BCUT2D eigenvalue weighted by molar-refractivity contribution is 5.85. The van der Waals surface area contributed by atoms with E-state index in [0.29, 0.717) is 19.0 Å². The number of hydrogen-bond acceptors (Lipinski definition) is 3. The van der Waals surface area contributed by atoms with Crippen molar-refractivity contribution in [1.82, 2.24) is 4.90 Å². The van der Waals surface area contributed by atoms with E-state index in [1.54, 1.807) is 0 Å². The summed E-state index contributed by atoms with van der Waals surface area (Å²) in [6.07, 6.45) is 1.87. The van der Waals surface area contributed by atoms with Gasteiger partial charge in [0, 0.05) is 13.1 Å². The van der Waals surface area contributed by atoms with Crippen LogP contribution in [0.15, 0.2) is 0 Å². The predicted molar refractivity (Wildman–Crippen MR) is 48.6 cm³/mol. The Morgan fingerprint density at radius 1 is 1.33 bits per heavy atom. The van der Waals surface area contributed by atoms with Crippen molar-refractivity contribution in [3.05, 3.63) is 0 Å². The molecule has 2 aliphatic rings. The SMILES string of the molecule is CCN1CCC2OCOC2C1.Cl.